The fraction of sp³-hybridized carbons (Fsp3) is 0.0714. The SMILES string of the molecule is O=Cc1cc(Cl)cc(Cl)c1OCc1ccccc1Cl. The highest BCUT2D eigenvalue weighted by atomic mass is 35.5. The van der Waals surface area contributed by atoms with Crippen molar-refractivity contribution >= 4 is 41.1 Å². The Morgan fingerprint density at radius 2 is 1.79 bits per heavy atom. The molecule has 0 aliphatic carbocycles. The number of carbonyl (C=O) groups is 1. The average Bonchev–Trinajstić information content (AvgIpc) is 2.38. The third-order valence-corrected chi connectivity index (χ3v) is 3.36. The molecular weight excluding hydrogens is 307 g/mol. The Balaban J connectivity index is 2.25. The predicted octanol–water partition coefficient (Wildman–Crippen LogP) is 5.04. The second-order valence-electron chi connectivity index (χ2n) is 3.80. The number of ether oxygens (including phenoxy) is 1. The minimum atomic E-state index is 0.224. The van der Waals surface area contributed by atoms with E-state index in [-0.39, 0.29) is 6.61 Å². The molecule has 0 aliphatic heterocycles. The summed E-state index contributed by atoms with van der Waals surface area (Å²) in [5.74, 6) is 0.306. The predicted molar refractivity (Wildman–Crippen MR) is 77.6 cm³/mol. The van der Waals surface area contributed by atoms with Gasteiger partial charge in [-0.1, -0.05) is 53.0 Å². The molecule has 0 saturated carbocycles. The van der Waals surface area contributed by atoms with Gasteiger partial charge in [0.2, 0.25) is 0 Å². The highest BCUT2D eigenvalue weighted by molar-refractivity contribution is 6.36. The zero-order valence-corrected chi connectivity index (χ0v) is 12.0. The Bertz CT molecular complexity index is 612. The van der Waals surface area contributed by atoms with Gasteiger partial charge in [-0.15, -0.1) is 0 Å². The van der Waals surface area contributed by atoms with Crippen LogP contribution in [0.5, 0.6) is 5.75 Å². The van der Waals surface area contributed by atoms with E-state index in [2.05, 4.69) is 0 Å². The number of aldehydes is 1. The van der Waals surface area contributed by atoms with Crippen LogP contribution in [0.2, 0.25) is 15.1 Å². The van der Waals surface area contributed by atoms with E-state index in [0.29, 0.717) is 32.7 Å². The molecule has 0 aromatic heterocycles. The van der Waals surface area contributed by atoms with Crippen LogP contribution >= 0.6 is 34.8 Å². The second-order valence-corrected chi connectivity index (χ2v) is 5.05. The minimum Gasteiger partial charge on any atom is -0.487 e. The van der Waals surface area contributed by atoms with Gasteiger partial charge in [-0.2, -0.15) is 0 Å². The maximum absolute atomic E-state index is 11.0. The van der Waals surface area contributed by atoms with Gasteiger partial charge < -0.3 is 4.74 Å². The zero-order valence-electron chi connectivity index (χ0n) is 9.70. The van der Waals surface area contributed by atoms with Crippen molar-refractivity contribution in [1.82, 2.24) is 0 Å². The molecule has 0 heterocycles. The van der Waals surface area contributed by atoms with Gasteiger partial charge in [0.1, 0.15) is 12.4 Å². The normalized spacial score (nSPS) is 10.3. The first-order chi connectivity index (χ1) is 9.11. The Morgan fingerprint density at radius 3 is 2.47 bits per heavy atom. The van der Waals surface area contributed by atoms with E-state index in [1.807, 2.05) is 18.2 Å². The molecule has 0 aliphatic rings. The Hall–Kier alpha value is -1.22. The third kappa shape index (κ3) is 3.41. The molecule has 2 aromatic carbocycles. The van der Waals surface area contributed by atoms with E-state index in [1.54, 1.807) is 6.07 Å². The van der Waals surface area contributed by atoms with Crippen molar-refractivity contribution < 1.29 is 9.53 Å². The van der Waals surface area contributed by atoms with E-state index in [4.69, 9.17) is 39.5 Å². The summed E-state index contributed by atoms with van der Waals surface area (Å²) in [7, 11) is 0. The summed E-state index contributed by atoms with van der Waals surface area (Å²) in [6, 6.07) is 10.3. The van der Waals surface area contributed by atoms with Crippen LogP contribution in [0.3, 0.4) is 0 Å². The quantitative estimate of drug-likeness (QED) is 0.739. The largest absolute Gasteiger partial charge is 0.487 e. The van der Waals surface area contributed by atoms with Crippen LogP contribution in [-0.4, -0.2) is 6.29 Å². The zero-order chi connectivity index (χ0) is 13.8. The van der Waals surface area contributed by atoms with Crippen LogP contribution < -0.4 is 4.74 Å². The smallest absolute Gasteiger partial charge is 0.153 e. The monoisotopic (exact) mass is 314 g/mol. The molecule has 0 unspecified atom stereocenters. The van der Waals surface area contributed by atoms with Crippen LogP contribution in [0.25, 0.3) is 0 Å². The van der Waals surface area contributed by atoms with Crippen molar-refractivity contribution in [3.63, 3.8) is 0 Å². The number of hydrogen-bond acceptors (Lipinski definition) is 2. The molecule has 0 atom stereocenters. The van der Waals surface area contributed by atoms with Gasteiger partial charge in [-0.05, 0) is 18.2 Å². The van der Waals surface area contributed by atoms with Crippen molar-refractivity contribution in [1.29, 1.82) is 0 Å². The van der Waals surface area contributed by atoms with Crippen LogP contribution in [0.4, 0.5) is 0 Å². The number of halogens is 3. The Labute approximate surface area is 125 Å². The van der Waals surface area contributed by atoms with Gasteiger partial charge in [0.05, 0.1) is 10.6 Å². The molecule has 0 fully saturated rings. The highest BCUT2D eigenvalue weighted by Gasteiger charge is 2.11. The third-order valence-electron chi connectivity index (χ3n) is 2.49. The maximum atomic E-state index is 11.0. The molecule has 0 saturated heterocycles. The summed E-state index contributed by atoms with van der Waals surface area (Å²) in [6.07, 6.45) is 0.652. The molecule has 98 valence electrons. The van der Waals surface area contributed by atoms with Gasteiger partial charge in [0.15, 0.2) is 6.29 Å². The summed E-state index contributed by atoms with van der Waals surface area (Å²) < 4.78 is 5.57. The van der Waals surface area contributed by atoms with Crippen LogP contribution in [0.15, 0.2) is 36.4 Å². The van der Waals surface area contributed by atoms with Crippen molar-refractivity contribution in [2.75, 3.05) is 0 Å². The van der Waals surface area contributed by atoms with Gasteiger partial charge in [0.25, 0.3) is 0 Å². The summed E-state index contributed by atoms with van der Waals surface area (Å²) in [5.41, 5.74) is 1.12. The highest BCUT2D eigenvalue weighted by Crippen LogP contribution is 2.32. The summed E-state index contributed by atoms with van der Waals surface area (Å²) >= 11 is 17.9. The molecule has 5 heteroatoms. The van der Waals surface area contributed by atoms with Crippen molar-refractivity contribution in [2.45, 2.75) is 6.61 Å². The molecule has 19 heavy (non-hydrogen) atoms. The van der Waals surface area contributed by atoms with Crippen LogP contribution in [-0.2, 0) is 6.61 Å². The van der Waals surface area contributed by atoms with E-state index in [9.17, 15) is 4.79 Å². The molecular formula is C14H9Cl3O2. The van der Waals surface area contributed by atoms with Crippen LogP contribution in [0.1, 0.15) is 15.9 Å². The van der Waals surface area contributed by atoms with Gasteiger partial charge in [0, 0.05) is 15.6 Å². The van der Waals surface area contributed by atoms with Gasteiger partial charge >= 0.3 is 0 Å². The first-order valence-electron chi connectivity index (χ1n) is 5.42. The lowest BCUT2D eigenvalue weighted by Crippen LogP contribution is -1.99. The molecule has 0 bridgehead atoms. The Morgan fingerprint density at radius 1 is 1.05 bits per heavy atom. The lowest BCUT2D eigenvalue weighted by atomic mass is 10.2. The molecule has 0 radical (unpaired) electrons. The van der Waals surface area contributed by atoms with Gasteiger partial charge in [-0.25, -0.2) is 0 Å². The van der Waals surface area contributed by atoms with E-state index in [0.717, 1.165) is 5.56 Å². The Kier molecular flexibility index (Phi) is 4.70. The first kappa shape index (κ1) is 14.2. The second kappa shape index (κ2) is 6.29. The van der Waals surface area contributed by atoms with Crippen LogP contribution in [0, 0.1) is 0 Å². The standard InChI is InChI=1S/C14H9Cl3O2/c15-11-5-10(7-18)14(13(17)6-11)19-8-9-3-1-2-4-12(9)16/h1-7H,8H2. The summed E-state index contributed by atoms with van der Waals surface area (Å²) in [4.78, 5) is 11.0. The number of carbonyl (C=O) groups excluding carboxylic acids is 1. The van der Waals surface area contributed by atoms with Gasteiger partial charge in [-0.3, -0.25) is 4.79 Å². The molecule has 0 spiro atoms. The summed E-state index contributed by atoms with van der Waals surface area (Å²) in [6.45, 7) is 0.224. The van der Waals surface area contributed by atoms with E-state index >= 15 is 0 Å². The van der Waals surface area contributed by atoms with E-state index in [1.165, 1.54) is 12.1 Å². The van der Waals surface area contributed by atoms with E-state index < -0.39 is 0 Å². The molecule has 2 aromatic rings. The lowest BCUT2D eigenvalue weighted by Gasteiger charge is -2.11. The average molecular weight is 316 g/mol. The van der Waals surface area contributed by atoms with Crippen molar-refractivity contribution in [3.8, 4) is 5.75 Å². The van der Waals surface area contributed by atoms with Crippen molar-refractivity contribution in [2.24, 2.45) is 0 Å². The maximum Gasteiger partial charge on any atom is 0.153 e. The minimum absolute atomic E-state index is 0.224. The number of benzene rings is 2. The molecule has 2 nitrogen and oxygen atoms in total. The molecule has 0 amide bonds. The number of hydrogen-bond donors (Lipinski definition) is 0. The first-order valence-corrected chi connectivity index (χ1v) is 6.55. The fourth-order valence-corrected chi connectivity index (χ4v) is 2.34. The lowest BCUT2D eigenvalue weighted by molar-refractivity contribution is 0.111. The molecule has 0 N–H and O–H groups in total. The topological polar surface area (TPSA) is 26.3 Å². The number of rotatable bonds is 4. The fourth-order valence-electron chi connectivity index (χ4n) is 1.59. The summed E-state index contributed by atoms with van der Waals surface area (Å²) in [5, 5.41) is 1.28. The van der Waals surface area contributed by atoms with Crippen molar-refractivity contribution in [3.05, 3.63) is 62.6 Å². The molecule has 2 rings (SSSR count).